The molecule has 0 aromatic heterocycles. The molecule has 0 spiro atoms. The third-order valence-electron chi connectivity index (χ3n) is 3.57. The van der Waals surface area contributed by atoms with Gasteiger partial charge in [-0.15, -0.1) is 24.8 Å². The van der Waals surface area contributed by atoms with Gasteiger partial charge >= 0.3 is 0 Å². The van der Waals surface area contributed by atoms with Crippen molar-refractivity contribution in [1.29, 1.82) is 0 Å². The molecule has 1 aromatic carbocycles. The Hall–Kier alpha value is -0.920. The smallest absolute Gasteiger partial charge is 0.242 e. The molecule has 1 saturated heterocycles. The summed E-state index contributed by atoms with van der Waals surface area (Å²) < 4.78 is 18.8. The van der Waals surface area contributed by atoms with E-state index in [4.69, 9.17) is 10.5 Å². The number of hydrogen-bond acceptors (Lipinski definition) is 4. The lowest BCUT2D eigenvalue weighted by atomic mass is 10.0. The lowest BCUT2D eigenvalue weighted by Gasteiger charge is -2.34. The van der Waals surface area contributed by atoms with Crippen LogP contribution >= 0.6 is 24.8 Å². The Labute approximate surface area is 148 Å². The SMILES string of the molecule is C[C@@H](CN)NC(=O)C(c1cccc(F)c1)N1CCOCC1.Cl.Cl. The van der Waals surface area contributed by atoms with Gasteiger partial charge in [-0.3, -0.25) is 9.69 Å². The van der Waals surface area contributed by atoms with Gasteiger partial charge in [0.25, 0.3) is 0 Å². The van der Waals surface area contributed by atoms with E-state index < -0.39 is 6.04 Å². The van der Waals surface area contributed by atoms with Gasteiger partial charge in [0.1, 0.15) is 11.9 Å². The van der Waals surface area contributed by atoms with Crippen LogP contribution in [-0.4, -0.2) is 49.7 Å². The maximum absolute atomic E-state index is 13.5. The van der Waals surface area contributed by atoms with E-state index in [-0.39, 0.29) is 42.6 Å². The number of benzene rings is 1. The van der Waals surface area contributed by atoms with Crippen LogP contribution in [0, 0.1) is 5.82 Å². The van der Waals surface area contributed by atoms with E-state index in [1.165, 1.54) is 12.1 Å². The molecule has 2 atom stereocenters. The summed E-state index contributed by atoms with van der Waals surface area (Å²) in [5, 5.41) is 2.88. The number of hydrogen-bond donors (Lipinski definition) is 2. The summed E-state index contributed by atoms with van der Waals surface area (Å²) >= 11 is 0. The normalized spacial score (nSPS) is 17.3. The molecule has 0 saturated carbocycles. The van der Waals surface area contributed by atoms with Crippen LogP contribution in [0.15, 0.2) is 24.3 Å². The van der Waals surface area contributed by atoms with Crippen molar-refractivity contribution in [2.45, 2.75) is 19.0 Å². The average molecular weight is 368 g/mol. The zero-order chi connectivity index (χ0) is 15.2. The quantitative estimate of drug-likeness (QED) is 0.827. The molecule has 1 amide bonds. The Morgan fingerprint density at radius 3 is 2.61 bits per heavy atom. The van der Waals surface area contributed by atoms with Gasteiger partial charge in [-0.25, -0.2) is 4.39 Å². The third kappa shape index (κ3) is 6.24. The molecule has 1 fully saturated rings. The average Bonchev–Trinajstić information content (AvgIpc) is 2.48. The fourth-order valence-corrected chi connectivity index (χ4v) is 2.42. The van der Waals surface area contributed by atoms with Crippen molar-refractivity contribution in [3.63, 3.8) is 0 Å². The molecule has 0 aliphatic carbocycles. The van der Waals surface area contributed by atoms with Crippen molar-refractivity contribution < 1.29 is 13.9 Å². The summed E-state index contributed by atoms with van der Waals surface area (Å²) in [6.45, 7) is 4.65. The van der Waals surface area contributed by atoms with Crippen LogP contribution in [0.2, 0.25) is 0 Å². The maximum atomic E-state index is 13.5. The van der Waals surface area contributed by atoms with Gasteiger partial charge in [-0.05, 0) is 24.6 Å². The molecule has 8 heteroatoms. The largest absolute Gasteiger partial charge is 0.379 e. The molecule has 1 heterocycles. The van der Waals surface area contributed by atoms with Crippen LogP contribution in [0.4, 0.5) is 4.39 Å². The Bertz CT molecular complexity index is 488. The fraction of sp³-hybridized carbons (Fsp3) is 0.533. The van der Waals surface area contributed by atoms with Crippen LogP contribution in [0.3, 0.4) is 0 Å². The molecule has 1 aliphatic rings. The second-order valence-corrected chi connectivity index (χ2v) is 5.25. The van der Waals surface area contributed by atoms with Crippen LogP contribution in [0.25, 0.3) is 0 Å². The summed E-state index contributed by atoms with van der Waals surface area (Å²) in [6, 6.07) is 5.55. The molecular formula is C15H24Cl2FN3O2. The number of amides is 1. The van der Waals surface area contributed by atoms with Gasteiger partial charge < -0.3 is 15.8 Å². The number of morpholine rings is 1. The molecule has 5 nitrogen and oxygen atoms in total. The monoisotopic (exact) mass is 367 g/mol. The molecule has 3 N–H and O–H groups in total. The highest BCUT2D eigenvalue weighted by Crippen LogP contribution is 2.23. The minimum atomic E-state index is -0.515. The summed E-state index contributed by atoms with van der Waals surface area (Å²) in [6.07, 6.45) is 0. The topological polar surface area (TPSA) is 67.6 Å². The molecule has 23 heavy (non-hydrogen) atoms. The van der Waals surface area contributed by atoms with E-state index >= 15 is 0 Å². The minimum Gasteiger partial charge on any atom is -0.379 e. The first kappa shape index (κ1) is 22.1. The van der Waals surface area contributed by atoms with E-state index in [1.54, 1.807) is 12.1 Å². The molecule has 1 aromatic rings. The molecular weight excluding hydrogens is 344 g/mol. The standard InChI is InChI=1S/C15H22FN3O2.2ClH/c1-11(10-17)18-15(20)14(19-5-7-21-8-6-19)12-3-2-4-13(16)9-12;;/h2-4,9,11,14H,5-8,10,17H2,1H3,(H,18,20);2*1H/t11-,14?;;/m0../s1. The highest BCUT2D eigenvalue weighted by molar-refractivity contribution is 5.85. The first-order valence-electron chi connectivity index (χ1n) is 7.19. The van der Waals surface area contributed by atoms with Crippen molar-refractivity contribution in [2.75, 3.05) is 32.8 Å². The second-order valence-electron chi connectivity index (χ2n) is 5.25. The highest BCUT2D eigenvalue weighted by atomic mass is 35.5. The number of nitrogens with one attached hydrogen (secondary N) is 1. The second kappa shape index (κ2) is 10.8. The van der Waals surface area contributed by atoms with Crippen molar-refractivity contribution in [2.24, 2.45) is 5.73 Å². The number of ether oxygens (including phenoxy) is 1. The number of nitrogens with two attached hydrogens (primary N) is 1. The number of nitrogens with zero attached hydrogens (tertiary/aromatic N) is 1. The van der Waals surface area contributed by atoms with E-state index in [1.807, 2.05) is 11.8 Å². The Balaban J connectivity index is 0.00000242. The van der Waals surface area contributed by atoms with Crippen LogP contribution in [-0.2, 0) is 9.53 Å². The first-order valence-corrected chi connectivity index (χ1v) is 7.19. The predicted molar refractivity (Wildman–Crippen MR) is 92.7 cm³/mol. The van der Waals surface area contributed by atoms with Crippen LogP contribution in [0.1, 0.15) is 18.5 Å². The van der Waals surface area contributed by atoms with Crippen LogP contribution in [0.5, 0.6) is 0 Å². The molecule has 2 rings (SSSR count). The van der Waals surface area contributed by atoms with Gasteiger partial charge in [-0.1, -0.05) is 12.1 Å². The Kier molecular flexibility index (Phi) is 10.3. The van der Waals surface area contributed by atoms with Crippen LogP contribution < -0.4 is 11.1 Å². The third-order valence-corrected chi connectivity index (χ3v) is 3.57. The molecule has 132 valence electrons. The zero-order valence-corrected chi connectivity index (χ0v) is 14.7. The summed E-state index contributed by atoms with van der Waals surface area (Å²) in [7, 11) is 0. The molecule has 0 bridgehead atoms. The Morgan fingerprint density at radius 1 is 1.39 bits per heavy atom. The number of carbonyl (C=O) groups excluding carboxylic acids is 1. The van der Waals surface area contributed by atoms with E-state index in [2.05, 4.69) is 5.32 Å². The van der Waals surface area contributed by atoms with Gasteiger partial charge in [0.05, 0.1) is 13.2 Å². The number of carbonyl (C=O) groups is 1. The lowest BCUT2D eigenvalue weighted by Crippen LogP contribution is -2.48. The van der Waals surface area contributed by atoms with Gasteiger partial charge in [0.15, 0.2) is 0 Å². The lowest BCUT2D eigenvalue weighted by molar-refractivity contribution is -0.129. The van der Waals surface area contributed by atoms with Crippen molar-refractivity contribution in [3.05, 3.63) is 35.6 Å². The number of rotatable bonds is 5. The van der Waals surface area contributed by atoms with E-state index in [9.17, 15) is 9.18 Å². The van der Waals surface area contributed by atoms with Crippen molar-refractivity contribution in [3.8, 4) is 0 Å². The highest BCUT2D eigenvalue weighted by Gasteiger charge is 2.29. The van der Waals surface area contributed by atoms with Crippen molar-refractivity contribution >= 4 is 30.7 Å². The van der Waals surface area contributed by atoms with Crippen molar-refractivity contribution in [1.82, 2.24) is 10.2 Å². The fourth-order valence-electron chi connectivity index (χ4n) is 2.42. The minimum absolute atomic E-state index is 0. The first-order chi connectivity index (χ1) is 10.1. The molecule has 0 radical (unpaired) electrons. The van der Waals surface area contributed by atoms with Gasteiger partial charge in [0, 0.05) is 25.7 Å². The molecule has 1 aliphatic heterocycles. The number of halogens is 3. The predicted octanol–water partition coefficient (Wildman–Crippen LogP) is 1.51. The van der Waals surface area contributed by atoms with Gasteiger partial charge in [-0.2, -0.15) is 0 Å². The summed E-state index contributed by atoms with van der Waals surface area (Å²) in [5.41, 5.74) is 6.20. The van der Waals surface area contributed by atoms with E-state index in [0.29, 0.717) is 38.4 Å². The summed E-state index contributed by atoms with van der Waals surface area (Å²) in [5.74, 6) is -0.495. The Morgan fingerprint density at radius 2 is 2.04 bits per heavy atom. The van der Waals surface area contributed by atoms with E-state index in [0.717, 1.165) is 0 Å². The maximum Gasteiger partial charge on any atom is 0.242 e. The van der Waals surface area contributed by atoms with Gasteiger partial charge in [0.2, 0.25) is 5.91 Å². The summed E-state index contributed by atoms with van der Waals surface area (Å²) in [4.78, 5) is 14.6. The zero-order valence-electron chi connectivity index (χ0n) is 13.0. The molecule has 1 unspecified atom stereocenters.